The number of sulfonamides is 1. The second-order valence-electron chi connectivity index (χ2n) is 7.18. The maximum Gasteiger partial charge on any atom is 0.262 e. The Bertz CT molecular complexity index is 1370. The van der Waals surface area contributed by atoms with E-state index < -0.39 is 15.9 Å². The van der Waals surface area contributed by atoms with Gasteiger partial charge >= 0.3 is 0 Å². The number of nitrogens with zero attached hydrogens (tertiary/aromatic N) is 1. The normalized spacial score (nSPS) is 11.1. The third-order valence-corrected chi connectivity index (χ3v) is 7.25. The van der Waals surface area contributed by atoms with Gasteiger partial charge in [0.1, 0.15) is 10.8 Å². The molecule has 4 rings (SSSR count). The van der Waals surface area contributed by atoms with Gasteiger partial charge in [0.05, 0.1) is 12.0 Å². The summed E-state index contributed by atoms with van der Waals surface area (Å²) in [7, 11) is -2.36. The summed E-state index contributed by atoms with van der Waals surface area (Å²) in [5.74, 6) is 0.213. The molecule has 0 aliphatic rings. The van der Waals surface area contributed by atoms with Crippen LogP contribution < -0.4 is 14.8 Å². The lowest BCUT2D eigenvalue weighted by atomic mass is 10.1. The average Bonchev–Trinajstić information content (AvgIpc) is 3.35. The number of anilines is 2. The molecule has 0 saturated carbocycles. The first-order chi connectivity index (χ1) is 15.9. The Morgan fingerprint density at radius 2 is 1.67 bits per heavy atom. The molecule has 0 saturated heterocycles. The van der Waals surface area contributed by atoms with Crippen LogP contribution in [0.25, 0.3) is 10.6 Å². The number of aromatic nitrogens is 1. The smallest absolute Gasteiger partial charge is 0.262 e. The van der Waals surface area contributed by atoms with Crippen LogP contribution in [-0.4, -0.2) is 26.4 Å². The number of aryl methyl sites for hydroxylation is 1. The first kappa shape index (κ1) is 22.5. The highest BCUT2D eigenvalue weighted by atomic mass is 32.2. The maximum atomic E-state index is 13.0. The Balaban J connectivity index is 1.52. The van der Waals surface area contributed by atoms with Crippen molar-refractivity contribution in [2.24, 2.45) is 0 Å². The van der Waals surface area contributed by atoms with E-state index in [4.69, 9.17) is 4.74 Å². The number of amides is 1. The van der Waals surface area contributed by atoms with Crippen molar-refractivity contribution in [2.45, 2.75) is 11.8 Å². The van der Waals surface area contributed by atoms with E-state index >= 15 is 0 Å². The van der Waals surface area contributed by atoms with Crippen molar-refractivity contribution in [3.63, 3.8) is 0 Å². The minimum atomic E-state index is -3.90. The van der Waals surface area contributed by atoms with Gasteiger partial charge in [0.15, 0.2) is 0 Å². The van der Waals surface area contributed by atoms with Crippen molar-refractivity contribution >= 4 is 38.6 Å². The molecule has 0 aliphatic carbocycles. The van der Waals surface area contributed by atoms with Gasteiger partial charge in [-0.15, -0.1) is 11.3 Å². The van der Waals surface area contributed by atoms with Crippen LogP contribution in [-0.2, 0) is 10.0 Å². The standard InChI is InChI=1S/C24H21N3O4S2/c1-16-3-4-18(15-22(16)33(29,30)27-20-9-11-21(31-2)12-10-20)23(28)26-19-7-5-17(6-8-19)24-25-13-14-32-24/h3-15,27H,1-2H3,(H,26,28). The fourth-order valence-corrected chi connectivity index (χ4v) is 5.14. The van der Waals surface area contributed by atoms with Gasteiger partial charge in [0.2, 0.25) is 0 Å². The Labute approximate surface area is 196 Å². The van der Waals surface area contributed by atoms with Crippen LogP contribution in [0.4, 0.5) is 11.4 Å². The zero-order valence-electron chi connectivity index (χ0n) is 17.9. The molecule has 1 amide bonds. The summed E-state index contributed by atoms with van der Waals surface area (Å²) in [6.07, 6.45) is 1.74. The van der Waals surface area contributed by atoms with E-state index in [1.807, 2.05) is 17.5 Å². The monoisotopic (exact) mass is 479 g/mol. The summed E-state index contributed by atoms with van der Waals surface area (Å²) >= 11 is 1.53. The van der Waals surface area contributed by atoms with Gasteiger partial charge < -0.3 is 10.1 Å². The number of benzene rings is 3. The fraction of sp³-hybridized carbons (Fsp3) is 0.0833. The molecule has 0 spiro atoms. The summed E-state index contributed by atoms with van der Waals surface area (Å²) in [5, 5.41) is 5.60. The maximum absolute atomic E-state index is 13.0. The third kappa shape index (κ3) is 5.21. The van der Waals surface area contributed by atoms with E-state index in [0.717, 1.165) is 10.6 Å². The van der Waals surface area contributed by atoms with E-state index in [9.17, 15) is 13.2 Å². The summed E-state index contributed by atoms with van der Waals surface area (Å²) < 4.78 is 33.6. The molecule has 2 N–H and O–H groups in total. The summed E-state index contributed by atoms with van der Waals surface area (Å²) in [4.78, 5) is 17.1. The SMILES string of the molecule is COc1ccc(NS(=O)(=O)c2cc(C(=O)Nc3ccc(-c4nccs4)cc3)ccc2C)cc1. The molecule has 4 aromatic rings. The number of nitrogens with one attached hydrogen (secondary N) is 2. The van der Waals surface area contributed by atoms with Crippen LogP contribution in [0.15, 0.2) is 83.2 Å². The first-order valence-corrected chi connectivity index (χ1v) is 12.3. The molecule has 9 heteroatoms. The number of hydrogen-bond donors (Lipinski definition) is 2. The van der Waals surface area contributed by atoms with Crippen molar-refractivity contribution in [2.75, 3.05) is 17.1 Å². The first-order valence-electron chi connectivity index (χ1n) is 9.94. The van der Waals surface area contributed by atoms with Crippen molar-refractivity contribution in [3.05, 3.63) is 89.4 Å². The van der Waals surface area contributed by atoms with Gasteiger partial charge in [-0.1, -0.05) is 6.07 Å². The Morgan fingerprint density at radius 3 is 2.30 bits per heavy atom. The van der Waals surface area contributed by atoms with Gasteiger partial charge in [-0.05, 0) is 73.2 Å². The molecule has 7 nitrogen and oxygen atoms in total. The van der Waals surface area contributed by atoms with E-state index in [1.54, 1.807) is 61.7 Å². The highest BCUT2D eigenvalue weighted by Gasteiger charge is 2.19. The van der Waals surface area contributed by atoms with Crippen molar-refractivity contribution in [1.29, 1.82) is 0 Å². The topological polar surface area (TPSA) is 97.4 Å². The zero-order valence-corrected chi connectivity index (χ0v) is 19.5. The van der Waals surface area contributed by atoms with Crippen LogP contribution in [0.5, 0.6) is 5.75 Å². The number of ether oxygens (including phenoxy) is 1. The number of methoxy groups -OCH3 is 1. The predicted octanol–water partition coefficient (Wildman–Crippen LogP) is 5.18. The molecule has 0 atom stereocenters. The molecular formula is C24H21N3O4S2. The Hall–Kier alpha value is -3.69. The largest absolute Gasteiger partial charge is 0.497 e. The molecule has 0 bridgehead atoms. The molecule has 0 aliphatic heterocycles. The molecule has 1 heterocycles. The molecule has 33 heavy (non-hydrogen) atoms. The molecule has 1 aromatic heterocycles. The number of rotatable bonds is 7. The van der Waals surface area contributed by atoms with E-state index in [1.165, 1.54) is 24.5 Å². The number of thiazole rings is 1. The lowest BCUT2D eigenvalue weighted by molar-refractivity contribution is 0.102. The van der Waals surface area contributed by atoms with E-state index in [0.29, 0.717) is 22.7 Å². The van der Waals surface area contributed by atoms with Crippen LogP contribution in [0, 0.1) is 6.92 Å². The van der Waals surface area contributed by atoms with Gasteiger partial charge in [-0.25, -0.2) is 13.4 Å². The van der Waals surface area contributed by atoms with E-state index in [-0.39, 0.29) is 10.5 Å². The summed E-state index contributed by atoms with van der Waals surface area (Å²) in [6, 6.07) is 18.4. The number of carbonyl (C=O) groups excluding carboxylic acids is 1. The predicted molar refractivity (Wildman–Crippen MR) is 130 cm³/mol. The van der Waals surface area contributed by atoms with Gasteiger partial charge in [0, 0.05) is 34.1 Å². The van der Waals surface area contributed by atoms with Crippen LogP contribution in [0.2, 0.25) is 0 Å². The van der Waals surface area contributed by atoms with E-state index in [2.05, 4.69) is 15.0 Å². The minimum absolute atomic E-state index is 0.0325. The van der Waals surface area contributed by atoms with Crippen LogP contribution >= 0.6 is 11.3 Å². The third-order valence-electron chi connectivity index (χ3n) is 4.90. The molecule has 168 valence electrons. The molecule has 0 fully saturated rings. The lowest BCUT2D eigenvalue weighted by Gasteiger charge is -2.13. The lowest BCUT2D eigenvalue weighted by Crippen LogP contribution is -2.17. The van der Waals surface area contributed by atoms with Gasteiger partial charge in [-0.3, -0.25) is 9.52 Å². The van der Waals surface area contributed by atoms with Gasteiger partial charge in [-0.2, -0.15) is 0 Å². The quantitative estimate of drug-likeness (QED) is 0.381. The number of hydrogen-bond acceptors (Lipinski definition) is 6. The summed E-state index contributed by atoms with van der Waals surface area (Å²) in [5.41, 5.74) is 2.71. The second-order valence-corrected chi connectivity index (χ2v) is 9.73. The van der Waals surface area contributed by atoms with Crippen molar-refractivity contribution in [3.8, 4) is 16.3 Å². The van der Waals surface area contributed by atoms with Gasteiger partial charge in [0.25, 0.3) is 15.9 Å². The zero-order chi connectivity index (χ0) is 23.4. The van der Waals surface area contributed by atoms with Crippen molar-refractivity contribution in [1.82, 2.24) is 4.98 Å². The second kappa shape index (κ2) is 9.43. The average molecular weight is 480 g/mol. The number of carbonyl (C=O) groups is 1. The minimum Gasteiger partial charge on any atom is -0.497 e. The van der Waals surface area contributed by atoms with Crippen molar-refractivity contribution < 1.29 is 17.9 Å². The Morgan fingerprint density at radius 1 is 0.970 bits per heavy atom. The molecule has 0 unspecified atom stereocenters. The molecular weight excluding hydrogens is 458 g/mol. The molecule has 3 aromatic carbocycles. The fourth-order valence-electron chi connectivity index (χ4n) is 3.17. The highest BCUT2D eigenvalue weighted by Crippen LogP contribution is 2.25. The summed E-state index contributed by atoms with van der Waals surface area (Å²) in [6.45, 7) is 1.68. The Kier molecular flexibility index (Phi) is 6.43. The highest BCUT2D eigenvalue weighted by molar-refractivity contribution is 7.92. The van der Waals surface area contributed by atoms with Crippen LogP contribution in [0.1, 0.15) is 15.9 Å². The molecule has 0 radical (unpaired) electrons. The van der Waals surface area contributed by atoms with Crippen LogP contribution in [0.3, 0.4) is 0 Å².